The van der Waals surface area contributed by atoms with Crippen molar-refractivity contribution < 1.29 is 0 Å². The Hall–Kier alpha value is -5.83. The fourth-order valence-corrected chi connectivity index (χ4v) is 8.95. The Morgan fingerprint density at radius 1 is 0.462 bits per heavy atom. The summed E-state index contributed by atoms with van der Waals surface area (Å²) in [5.74, 6) is 0. The third-order valence-electron chi connectivity index (χ3n) is 10.6. The van der Waals surface area contributed by atoms with Crippen LogP contribution in [-0.4, -0.2) is 0 Å². The molecule has 9 rings (SSSR count). The molecule has 0 aromatic heterocycles. The Labute approximate surface area is 311 Å². The molecule has 0 amide bonds. The van der Waals surface area contributed by atoms with Crippen molar-refractivity contribution in [2.24, 2.45) is 0 Å². The smallest absolute Gasteiger partial charge is 0.0543 e. The van der Waals surface area contributed by atoms with E-state index in [0.29, 0.717) is 0 Å². The monoisotopic (exact) mass is 685 g/mol. The van der Waals surface area contributed by atoms with E-state index in [2.05, 4.69) is 208 Å². The maximum atomic E-state index is 2.47. The molecule has 1 aliphatic rings. The molecule has 0 saturated heterocycles. The summed E-state index contributed by atoms with van der Waals surface area (Å²) in [5.41, 5.74) is 14.8. The minimum atomic E-state index is -0.151. The second-order valence-corrected chi connectivity index (χ2v) is 15.3. The highest BCUT2D eigenvalue weighted by Gasteiger charge is 2.36. The van der Waals surface area contributed by atoms with Crippen LogP contribution in [0.3, 0.4) is 0 Å². The van der Waals surface area contributed by atoms with Crippen molar-refractivity contribution in [1.82, 2.24) is 0 Å². The summed E-state index contributed by atoms with van der Waals surface area (Å²) in [4.78, 5) is 4.93. The van der Waals surface area contributed by atoms with Gasteiger partial charge in [-0.05, 0) is 123 Å². The van der Waals surface area contributed by atoms with Crippen LogP contribution in [0.15, 0.2) is 192 Å². The van der Waals surface area contributed by atoms with Crippen LogP contribution < -0.4 is 4.90 Å². The second-order valence-electron chi connectivity index (χ2n) is 14.2. The molecule has 0 spiro atoms. The fourth-order valence-electron chi connectivity index (χ4n) is 7.98. The molecule has 0 aliphatic heterocycles. The Bertz CT molecular complexity index is 2570. The molecule has 0 saturated carbocycles. The molecular formula is C50H39NS. The van der Waals surface area contributed by atoms with Gasteiger partial charge < -0.3 is 4.90 Å². The third-order valence-corrected chi connectivity index (χ3v) is 11.7. The lowest BCUT2D eigenvalue weighted by Crippen LogP contribution is -2.17. The average Bonchev–Trinajstić information content (AvgIpc) is 3.40. The molecule has 8 aromatic rings. The van der Waals surface area contributed by atoms with Gasteiger partial charge in [0, 0.05) is 32.1 Å². The lowest BCUT2D eigenvalue weighted by atomic mass is 9.81. The Morgan fingerprint density at radius 2 is 1.08 bits per heavy atom. The molecule has 0 heterocycles. The summed E-state index contributed by atoms with van der Waals surface area (Å²) in [6.07, 6.45) is 0. The summed E-state index contributed by atoms with van der Waals surface area (Å²) in [6, 6.07) is 66.6. The maximum Gasteiger partial charge on any atom is 0.0543 e. The largest absolute Gasteiger partial charge is 0.310 e. The Balaban J connectivity index is 1.23. The van der Waals surface area contributed by atoms with Crippen molar-refractivity contribution in [2.75, 3.05) is 4.90 Å². The number of anilines is 3. The number of rotatable bonds is 7. The molecular weight excluding hydrogens is 647 g/mol. The zero-order valence-corrected chi connectivity index (χ0v) is 30.5. The van der Waals surface area contributed by atoms with E-state index >= 15 is 0 Å². The number of benzene rings is 8. The van der Waals surface area contributed by atoms with Gasteiger partial charge in [-0.15, -0.1) is 0 Å². The number of nitrogens with zero attached hydrogens (tertiary/aromatic N) is 1. The highest BCUT2D eigenvalue weighted by Crippen LogP contribution is 2.53. The summed E-state index contributed by atoms with van der Waals surface area (Å²) in [5, 5.41) is 2.57. The molecule has 2 heteroatoms. The first-order valence-corrected chi connectivity index (χ1v) is 18.8. The first-order valence-electron chi connectivity index (χ1n) is 18.0. The first-order chi connectivity index (χ1) is 25.5. The van der Waals surface area contributed by atoms with Gasteiger partial charge in [0.15, 0.2) is 0 Å². The lowest BCUT2D eigenvalue weighted by molar-refractivity contribution is 0.661. The van der Waals surface area contributed by atoms with E-state index in [1.807, 2.05) is 11.8 Å². The van der Waals surface area contributed by atoms with Crippen molar-refractivity contribution in [3.05, 3.63) is 199 Å². The van der Waals surface area contributed by atoms with Crippen molar-refractivity contribution in [2.45, 2.75) is 36.0 Å². The minimum absolute atomic E-state index is 0.151. The van der Waals surface area contributed by atoms with Crippen molar-refractivity contribution in [3.63, 3.8) is 0 Å². The zero-order valence-electron chi connectivity index (χ0n) is 29.7. The minimum Gasteiger partial charge on any atom is -0.310 e. The van der Waals surface area contributed by atoms with Gasteiger partial charge in [0.2, 0.25) is 0 Å². The van der Waals surface area contributed by atoms with Gasteiger partial charge in [0.25, 0.3) is 0 Å². The van der Waals surface area contributed by atoms with E-state index < -0.39 is 0 Å². The number of fused-ring (bicyclic) bond motifs is 4. The summed E-state index contributed by atoms with van der Waals surface area (Å²) in [6.45, 7) is 7.00. The normalized spacial score (nSPS) is 12.8. The molecule has 8 aromatic carbocycles. The summed E-state index contributed by atoms with van der Waals surface area (Å²) < 4.78 is 0. The molecule has 0 N–H and O–H groups in total. The topological polar surface area (TPSA) is 3.24 Å². The molecule has 0 unspecified atom stereocenters. The van der Waals surface area contributed by atoms with Gasteiger partial charge >= 0.3 is 0 Å². The second kappa shape index (κ2) is 13.1. The maximum absolute atomic E-state index is 2.47. The molecule has 0 bridgehead atoms. The van der Waals surface area contributed by atoms with E-state index in [-0.39, 0.29) is 5.41 Å². The van der Waals surface area contributed by atoms with Crippen molar-refractivity contribution in [1.29, 1.82) is 0 Å². The predicted octanol–water partition coefficient (Wildman–Crippen LogP) is 14.4. The van der Waals surface area contributed by atoms with E-state index in [4.69, 9.17) is 0 Å². The van der Waals surface area contributed by atoms with E-state index in [9.17, 15) is 0 Å². The van der Waals surface area contributed by atoms with E-state index in [0.717, 1.165) is 17.1 Å². The van der Waals surface area contributed by atoms with Crippen LogP contribution in [0, 0.1) is 6.92 Å². The number of aryl methyl sites for hydroxylation is 1. The van der Waals surface area contributed by atoms with Crippen LogP contribution in [0.5, 0.6) is 0 Å². The third kappa shape index (κ3) is 5.61. The SMILES string of the molecule is Cc1cccc(N(c2ccc(-c3ccccc3)cc2)c2ccc3c(c2)C(C)(C)c2cc4ccccc4cc2-3)c1-c1ccccc1Sc1ccccc1. The highest BCUT2D eigenvalue weighted by atomic mass is 32.2. The molecule has 1 nitrogen and oxygen atoms in total. The molecule has 1 aliphatic carbocycles. The number of hydrogen-bond donors (Lipinski definition) is 0. The van der Waals surface area contributed by atoms with Gasteiger partial charge in [-0.2, -0.15) is 0 Å². The van der Waals surface area contributed by atoms with Gasteiger partial charge in [0.1, 0.15) is 0 Å². The van der Waals surface area contributed by atoms with Crippen LogP contribution in [0.25, 0.3) is 44.2 Å². The molecule has 0 atom stereocenters. The van der Waals surface area contributed by atoms with Crippen LogP contribution in [0.1, 0.15) is 30.5 Å². The molecule has 52 heavy (non-hydrogen) atoms. The van der Waals surface area contributed by atoms with Crippen molar-refractivity contribution in [3.8, 4) is 33.4 Å². The molecule has 0 radical (unpaired) electrons. The zero-order chi connectivity index (χ0) is 35.2. The average molecular weight is 686 g/mol. The van der Waals surface area contributed by atoms with Crippen molar-refractivity contribution >= 4 is 39.6 Å². The van der Waals surface area contributed by atoms with Crippen LogP contribution >= 0.6 is 11.8 Å². The van der Waals surface area contributed by atoms with Crippen LogP contribution in [0.4, 0.5) is 17.1 Å². The molecule has 0 fully saturated rings. The van der Waals surface area contributed by atoms with Crippen LogP contribution in [-0.2, 0) is 5.41 Å². The van der Waals surface area contributed by atoms with E-state index in [1.54, 1.807) is 0 Å². The quantitative estimate of drug-likeness (QED) is 0.164. The lowest BCUT2D eigenvalue weighted by Gasteiger charge is -2.31. The molecule has 250 valence electrons. The van der Waals surface area contributed by atoms with Gasteiger partial charge in [-0.3, -0.25) is 0 Å². The fraction of sp³-hybridized carbons (Fsp3) is 0.0800. The van der Waals surface area contributed by atoms with Gasteiger partial charge in [-0.1, -0.05) is 147 Å². The van der Waals surface area contributed by atoms with E-state index in [1.165, 1.54) is 70.6 Å². The Kier molecular flexibility index (Phi) is 8.06. The number of hydrogen-bond acceptors (Lipinski definition) is 2. The van der Waals surface area contributed by atoms with Crippen LogP contribution in [0.2, 0.25) is 0 Å². The van der Waals surface area contributed by atoms with Gasteiger partial charge in [-0.25, -0.2) is 0 Å². The van der Waals surface area contributed by atoms with Gasteiger partial charge in [0.05, 0.1) is 5.69 Å². The summed E-state index contributed by atoms with van der Waals surface area (Å²) in [7, 11) is 0. The predicted molar refractivity (Wildman–Crippen MR) is 222 cm³/mol. The highest BCUT2D eigenvalue weighted by molar-refractivity contribution is 7.99. The summed E-state index contributed by atoms with van der Waals surface area (Å²) >= 11 is 1.82. The first kappa shape index (κ1) is 32.1. The standard InChI is InChI=1S/C50H39NS/c1-34-15-14-23-47(49(34)43-22-12-13-24-48(43)52-41-20-8-5-9-21-41)51(39-27-25-36(26-28-39)35-16-6-4-7-17-35)40-29-30-42-44-31-37-18-10-11-19-38(37)32-45(44)50(2,3)46(42)33-40/h4-33H,1-3H3. The Morgan fingerprint density at radius 3 is 1.85 bits per heavy atom.